The smallest absolute Gasteiger partial charge is 0.332 e. The molecule has 136 valence electrons. The van der Waals surface area contributed by atoms with Crippen LogP contribution in [0.5, 0.6) is 0 Å². The lowest BCUT2D eigenvalue weighted by Gasteiger charge is -2.38. The molecule has 3 unspecified atom stereocenters. The van der Waals surface area contributed by atoms with Crippen molar-refractivity contribution in [2.45, 2.75) is 49.8 Å². The van der Waals surface area contributed by atoms with E-state index in [1.54, 1.807) is 6.08 Å². The number of hydrogen-bond donors (Lipinski definition) is 0. The Kier molecular flexibility index (Phi) is 3.54. The van der Waals surface area contributed by atoms with Crippen molar-refractivity contribution in [3.63, 3.8) is 0 Å². The van der Waals surface area contributed by atoms with E-state index in [1.807, 2.05) is 0 Å². The Morgan fingerprint density at radius 2 is 2.04 bits per heavy atom. The lowest BCUT2D eigenvalue weighted by atomic mass is 9.75. The van der Waals surface area contributed by atoms with Crippen molar-refractivity contribution in [3.8, 4) is 0 Å². The molecule has 5 rings (SSSR count). The first-order valence-electron chi connectivity index (χ1n) is 9.75. The maximum absolute atomic E-state index is 12.2. The van der Waals surface area contributed by atoms with E-state index in [9.17, 15) is 4.79 Å². The number of piperidine rings is 1. The van der Waals surface area contributed by atoms with Crippen molar-refractivity contribution in [2.24, 2.45) is 0 Å². The number of nitrogens with zero attached hydrogens (tertiary/aromatic N) is 2. The molecule has 1 spiro atoms. The lowest BCUT2D eigenvalue weighted by molar-refractivity contribution is -0.148. The van der Waals surface area contributed by atoms with E-state index in [0.717, 1.165) is 31.4 Å². The van der Waals surface area contributed by atoms with Crippen LogP contribution in [0.4, 0.5) is 5.69 Å². The predicted molar refractivity (Wildman–Crippen MR) is 102 cm³/mol. The third-order valence-electron chi connectivity index (χ3n) is 6.61. The molecule has 1 aromatic carbocycles. The van der Waals surface area contributed by atoms with E-state index >= 15 is 0 Å². The highest BCUT2D eigenvalue weighted by Crippen LogP contribution is 2.54. The van der Waals surface area contributed by atoms with Crippen LogP contribution in [0.15, 0.2) is 47.6 Å². The highest BCUT2D eigenvalue weighted by Gasteiger charge is 2.61. The number of anilines is 1. The molecule has 4 nitrogen and oxygen atoms in total. The van der Waals surface area contributed by atoms with Crippen molar-refractivity contribution in [3.05, 3.63) is 53.1 Å². The summed E-state index contributed by atoms with van der Waals surface area (Å²) < 4.78 is 6.01. The van der Waals surface area contributed by atoms with Gasteiger partial charge in [-0.2, -0.15) is 0 Å². The fraction of sp³-hybridized carbons (Fsp3) is 0.500. The maximum Gasteiger partial charge on any atom is 0.332 e. The van der Waals surface area contributed by atoms with Crippen LogP contribution in [0.2, 0.25) is 0 Å². The summed E-state index contributed by atoms with van der Waals surface area (Å²) in [5.41, 5.74) is 4.56. The van der Waals surface area contributed by atoms with Crippen LogP contribution in [0.25, 0.3) is 0 Å². The van der Waals surface area contributed by atoms with E-state index in [-0.39, 0.29) is 11.6 Å². The quantitative estimate of drug-likeness (QED) is 0.785. The highest BCUT2D eigenvalue weighted by atomic mass is 16.6. The Morgan fingerprint density at radius 3 is 2.81 bits per heavy atom. The molecule has 2 fully saturated rings. The molecule has 0 amide bonds. The van der Waals surface area contributed by atoms with Gasteiger partial charge in [-0.3, -0.25) is 4.90 Å². The first-order valence-corrected chi connectivity index (χ1v) is 9.75. The molecular weight excluding hydrogens is 324 g/mol. The van der Waals surface area contributed by atoms with Crippen LogP contribution < -0.4 is 4.90 Å². The molecule has 1 aliphatic carbocycles. The molecule has 0 N–H and O–H groups in total. The number of ether oxygens (including phenoxy) is 1. The molecular formula is C22H26N2O2. The minimum Gasteiger partial charge on any atom is -0.449 e. The van der Waals surface area contributed by atoms with Crippen LogP contribution in [0.3, 0.4) is 0 Å². The molecule has 2 bridgehead atoms. The molecule has 1 aromatic rings. The van der Waals surface area contributed by atoms with Crippen molar-refractivity contribution in [1.82, 2.24) is 4.90 Å². The van der Waals surface area contributed by atoms with Gasteiger partial charge in [-0.15, -0.1) is 0 Å². The lowest BCUT2D eigenvalue weighted by Crippen LogP contribution is -2.48. The fourth-order valence-corrected chi connectivity index (χ4v) is 5.45. The summed E-state index contributed by atoms with van der Waals surface area (Å²) in [4.78, 5) is 16.9. The Balaban J connectivity index is 1.49. The van der Waals surface area contributed by atoms with Gasteiger partial charge in [-0.1, -0.05) is 24.6 Å². The van der Waals surface area contributed by atoms with Crippen LogP contribution in [-0.4, -0.2) is 49.2 Å². The molecule has 3 aliphatic heterocycles. The zero-order chi connectivity index (χ0) is 17.9. The Hall–Kier alpha value is -2.07. The molecule has 0 aromatic heterocycles. The number of esters is 1. The molecule has 0 radical (unpaired) electrons. The third kappa shape index (κ3) is 2.28. The molecule has 26 heavy (non-hydrogen) atoms. The standard InChI is InChI=1S/C22H26N2O2/c1-23(2)17-8-6-15(7-9-17)11-16-12-18-14-22(19(16)13-21(25)26-22)20-5-3-4-10-24(18)20/h6-9,12-13,18,20H,3-5,10-11,14H2,1-2H3. The molecule has 0 saturated carbocycles. The van der Waals surface area contributed by atoms with Gasteiger partial charge >= 0.3 is 5.97 Å². The summed E-state index contributed by atoms with van der Waals surface area (Å²) in [6.07, 6.45) is 9.63. The first-order chi connectivity index (χ1) is 12.6. The van der Waals surface area contributed by atoms with Gasteiger partial charge in [-0.05, 0) is 49.1 Å². The predicted octanol–water partition coefficient (Wildman–Crippen LogP) is 3.08. The van der Waals surface area contributed by atoms with Crippen LogP contribution in [0, 0.1) is 0 Å². The van der Waals surface area contributed by atoms with Gasteiger partial charge in [0, 0.05) is 43.9 Å². The number of rotatable bonds is 3. The summed E-state index contributed by atoms with van der Waals surface area (Å²) in [6.45, 7) is 1.13. The Labute approximate surface area is 155 Å². The SMILES string of the molecule is CN(C)c1ccc(CC2=CC3CC4(OC(=O)C=C24)C2CCCCN32)cc1. The zero-order valence-electron chi connectivity index (χ0n) is 15.6. The van der Waals surface area contributed by atoms with Crippen LogP contribution in [-0.2, 0) is 16.0 Å². The van der Waals surface area contributed by atoms with Crippen molar-refractivity contribution in [2.75, 3.05) is 25.5 Å². The molecule has 3 heterocycles. The van der Waals surface area contributed by atoms with Gasteiger partial charge in [0.2, 0.25) is 0 Å². The van der Waals surface area contributed by atoms with E-state index < -0.39 is 0 Å². The summed E-state index contributed by atoms with van der Waals surface area (Å²) >= 11 is 0. The normalized spacial score (nSPS) is 32.5. The minimum absolute atomic E-state index is 0.151. The van der Waals surface area contributed by atoms with Gasteiger partial charge in [0.05, 0.1) is 6.04 Å². The van der Waals surface area contributed by atoms with Crippen LogP contribution >= 0.6 is 0 Å². The second-order valence-electron chi connectivity index (χ2n) is 8.32. The molecule has 3 atom stereocenters. The summed E-state index contributed by atoms with van der Waals surface area (Å²) in [5, 5.41) is 0. The summed E-state index contributed by atoms with van der Waals surface area (Å²) in [6, 6.07) is 9.51. The molecule has 4 aliphatic rings. The van der Waals surface area contributed by atoms with Gasteiger partial charge in [0.15, 0.2) is 5.60 Å². The van der Waals surface area contributed by atoms with E-state index in [4.69, 9.17) is 4.74 Å². The average Bonchev–Trinajstić information content (AvgIpc) is 3.11. The fourth-order valence-electron chi connectivity index (χ4n) is 5.45. The number of carbonyl (C=O) groups excluding carboxylic acids is 1. The number of fused-ring (bicyclic) bond motifs is 3. The Morgan fingerprint density at radius 1 is 1.23 bits per heavy atom. The van der Waals surface area contributed by atoms with Crippen molar-refractivity contribution < 1.29 is 9.53 Å². The molecule has 2 saturated heterocycles. The Bertz CT molecular complexity index is 808. The topological polar surface area (TPSA) is 32.8 Å². The third-order valence-corrected chi connectivity index (χ3v) is 6.61. The van der Waals surface area contributed by atoms with Gasteiger partial charge in [0.1, 0.15) is 0 Å². The number of hydrogen-bond acceptors (Lipinski definition) is 4. The molecule has 4 heteroatoms. The van der Waals surface area contributed by atoms with Crippen molar-refractivity contribution >= 4 is 11.7 Å². The average molecular weight is 350 g/mol. The maximum atomic E-state index is 12.2. The second kappa shape index (κ2) is 5.71. The first kappa shape index (κ1) is 16.1. The minimum atomic E-state index is -0.379. The van der Waals surface area contributed by atoms with Crippen LogP contribution in [0.1, 0.15) is 31.2 Å². The summed E-state index contributed by atoms with van der Waals surface area (Å²) in [5.74, 6) is -0.151. The van der Waals surface area contributed by atoms with E-state index in [1.165, 1.54) is 29.7 Å². The number of benzene rings is 1. The van der Waals surface area contributed by atoms with E-state index in [2.05, 4.69) is 54.2 Å². The van der Waals surface area contributed by atoms with Gasteiger partial charge in [-0.25, -0.2) is 4.79 Å². The summed E-state index contributed by atoms with van der Waals surface area (Å²) in [7, 11) is 4.12. The highest BCUT2D eigenvalue weighted by molar-refractivity contribution is 5.89. The van der Waals surface area contributed by atoms with Gasteiger partial charge < -0.3 is 9.64 Å². The number of carbonyl (C=O) groups is 1. The zero-order valence-corrected chi connectivity index (χ0v) is 15.6. The van der Waals surface area contributed by atoms with E-state index in [0.29, 0.717) is 12.1 Å². The van der Waals surface area contributed by atoms with Crippen molar-refractivity contribution in [1.29, 1.82) is 0 Å². The van der Waals surface area contributed by atoms with Gasteiger partial charge in [0.25, 0.3) is 0 Å². The second-order valence-corrected chi connectivity index (χ2v) is 8.32. The monoisotopic (exact) mass is 350 g/mol. The largest absolute Gasteiger partial charge is 0.449 e.